The fraction of sp³-hybridized carbons (Fsp3) is 0.579. The first-order valence-corrected chi connectivity index (χ1v) is 10.2. The van der Waals surface area contributed by atoms with Crippen molar-refractivity contribution < 1.29 is 19.1 Å². The van der Waals surface area contributed by atoms with Gasteiger partial charge in [-0.25, -0.2) is 19.7 Å². The standard InChI is InChI=1S/C19H25N7O4/c20-15-14-16(22-11-21-15)25(12-23-14)8-4-10-30-13(27)5-9-26-17(28)19(24-18(26)29)6-2-1-3-7-19/h11-12H,1-10H2,(H,24,29)(H2,20,21,22). The lowest BCUT2D eigenvalue weighted by atomic mass is 9.82. The number of nitrogens with two attached hydrogens (primary N) is 1. The van der Waals surface area contributed by atoms with Crippen molar-refractivity contribution in [3.05, 3.63) is 12.7 Å². The van der Waals surface area contributed by atoms with Crippen LogP contribution in [0.25, 0.3) is 11.2 Å². The summed E-state index contributed by atoms with van der Waals surface area (Å²) in [4.78, 5) is 50.3. The Bertz CT molecular complexity index is 967. The number of anilines is 1. The number of fused-ring (bicyclic) bond motifs is 1. The molecule has 3 amide bonds. The van der Waals surface area contributed by atoms with Gasteiger partial charge in [0, 0.05) is 13.1 Å². The maximum atomic E-state index is 12.7. The second kappa shape index (κ2) is 8.25. The van der Waals surface area contributed by atoms with Gasteiger partial charge in [0.15, 0.2) is 11.5 Å². The van der Waals surface area contributed by atoms with Gasteiger partial charge < -0.3 is 20.4 Å². The number of aryl methyl sites for hydroxylation is 1. The maximum Gasteiger partial charge on any atom is 0.325 e. The number of carbonyl (C=O) groups is 3. The van der Waals surface area contributed by atoms with Gasteiger partial charge in [-0.15, -0.1) is 0 Å². The fourth-order valence-electron chi connectivity index (χ4n) is 4.13. The smallest absolute Gasteiger partial charge is 0.325 e. The number of urea groups is 1. The minimum atomic E-state index is -0.764. The summed E-state index contributed by atoms with van der Waals surface area (Å²) in [5.74, 6) is -0.337. The van der Waals surface area contributed by atoms with Gasteiger partial charge in [-0.05, 0) is 19.3 Å². The molecule has 0 radical (unpaired) electrons. The summed E-state index contributed by atoms with van der Waals surface area (Å²) >= 11 is 0. The molecule has 1 aliphatic carbocycles. The van der Waals surface area contributed by atoms with E-state index in [0.29, 0.717) is 42.8 Å². The molecular formula is C19H25N7O4. The highest BCUT2D eigenvalue weighted by atomic mass is 16.5. The van der Waals surface area contributed by atoms with E-state index in [2.05, 4.69) is 20.3 Å². The van der Waals surface area contributed by atoms with Crippen molar-refractivity contribution in [2.75, 3.05) is 18.9 Å². The van der Waals surface area contributed by atoms with Gasteiger partial charge in [-0.3, -0.25) is 14.5 Å². The minimum Gasteiger partial charge on any atom is -0.466 e. The minimum absolute atomic E-state index is 0.0208. The number of nitrogens with one attached hydrogen (secondary N) is 1. The van der Waals surface area contributed by atoms with Crippen LogP contribution in [0.1, 0.15) is 44.9 Å². The number of hydrogen-bond donors (Lipinski definition) is 2. The average Bonchev–Trinajstić information content (AvgIpc) is 3.25. The van der Waals surface area contributed by atoms with E-state index in [1.54, 1.807) is 6.33 Å². The van der Waals surface area contributed by atoms with E-state index in [1.807, 2.05) is 4.57 Å². The number of nitrogen functional groups attached to an aromatic ring is 1. The van der Waals surface area contributed by atoms with Crippen LogP contribution in [0.4, 0.5) is 10.6 Å². The maximum absolute atomic E-state index is 12.7. The molecule has 0 unspecified atom stereocenters. The lowest BCUT2D eigenvalue weighted by Crippen LogP contribution is -2.48. The lowest BCUT2D eigenvalue weighted by molar-refractivity contribution is -0.144. The number of imidazole rings is 1. The van der Waals surface area contributed by atoms with Crippen molar-refractivity contribution in [1.82, 2.24) is 29.7 Å². The molecule has 1 aliphatic heterocycles. The third-order valence-corrected chi connectivity index (χ3v) is 5.73. The van der Waals surface area contributed by atoms with Gasteiger partial charge in [0.25, 0.3) is 5.91 Å². The molecule has 0 aromatic carbocycles. The number of imide groups is 1. The van der Waals surface area contributed by atoms with Gasteiger partial charge in [-0.2, -0.15) is 0 Å². The summed E-state index contributed by atoms with van der Waals surface area (Å²) in [6.45, 7) is 0.798. The molecule has 2 aromatic rings. The molecule has 2 aromatic heterocycles. The Labute approximate surface area is 173 Å². The third-order valence-electron chi connectivity index (χ3n) is 5.73. The number of esters is 1. The van der Waals surface area contributed by atoms with Gasteiger partial charge in [0.2, 0.25) is 0 Å². The summed E-state index contributed by atoms with van der Waals surface area (Å²) in [6, 6.07) is -0.414. The highest BCUT2D eigenvalue weighted by Crippen LogP contribution is 2.33. The number of amides is 3. The Kier molecular flexibility index (Phi) is 5.51. The zero-order chi connectivity index (χ0) is 21.1. The van der Waals surface area contributed by atoms with Crippen molar-refractivity contribution in [1.29, 1.82) is 0 Å². The van der Waals surface area contributed by atoms with Crippen LogP contribution < -0.4 is 11.1 Å². The first kappa shape index (κ1) is 20.0. The van der Waals surface area contributed by atoms with Gasteiger partial charge >= 0.3 is 12.0 Å². The van der Waals surface area contributed by atoms with Gasteiger partial charge in [0.05, 0.1) is 19.4 Å². The van der Waals surface area contributed by atoms with Crippen molar-refractivity contribution in [2.24, 2.45) is 0 Å². The van der Waals surface area contributed by atoms with Crippen LogP contribution in [0, 0.1) is 0 Å². The van der Waals surface area contributed by atoms with Crippen LogP contribution in [0.15, 0.2) is 12.7 Å². The van der Waals surface area contributed by atoms with Crippen LogP contribution in [0.3, 0.4) is 0 Å². The first-order valence-electron chi connectivity index (χ1n) is 10.2. The Hall–Kier alpha value is -3.24. The molecule has 30 heavy (non-hydrogen) atoms. The molecule has 1 spiro atoms. The molecule has 1 saturated carbocycles. The molecule has 1 saturated heterocycles. The van der Waals surface area contributed by atoms with E-state index in [0.717, 1.165) is 24.2 Å². The van der Waals surface area contributed by atoms with E-state index in [4.69, 9.17) is 10.5 Å². The van der Waals surface area contributed by atoms with Crippen molar-refractivity contribution >= 4 is 34.9 Å². The molecule has 4 rings (SSSR count). The monoisotopic (exact) mass is 415 g/mol. The quantitative estimate of drug-likeness (QED) is 0.387. The van der Waals surface area contributed by atoms with Crippen molar-refractivity contribution in [2.45, 2.75) is 57.0 Å². The van der Waals surface area contributed by atoms with Crippen LogP contribution in [-0.2, 0) is 20.9 Å². The summed E-state index contributed by atoms with van der Waals surface area (Å²) in [7, 11) is 0. The first-order chi connectivity index (χ1) is 14.5. The molecule has 11 heteroatoms. The number of rotatable bonds is 7. The molecule has 11 nitrogen and oxygen atoms in total. The molecular weight excluding hydrogens is 390 g/mol. The topological polar surface area (TPSA) is 145 Å². The predicted molar refractivity (Wildman–Crippen MR) is 106 cm³/mol. The summed E-state index contributed by atoms with van der Waals surface area (Å²) < 4.78 is 7.06. The molecule has 2 fully saturated rings. The normalized spacial score (nSPS) is 18.2. The van der Waals surface area contributed by atoms with Crippen molar-refractivity contribution in [3.63, 3.8) is 0 Å². The molecule has 0 atom stereocenters. The Morgan fingerprint density at radius 3 is 2.77 bits per heavy atom. The van der Waals surface area contributed by atoms with Crippen LogP contribution in [0.5, 0.6) is 0 Å². The van der Waals surface area contributed by atoms with Gasteiger partial charge in [-0.1, -0.05) is 19.3 Å². The second-order valence-corrected chi connectivity index (χ2v) is 7.72. The van der Waals surface area contributed by atoms with E-state index in [-0.39, 0.29) is 25.5 Å². The Balaban J connectivity index is 1.21. The molecule has 160 valence electrons. The molecule has 0 bridgehead atoms. The zero-order valence-electron chi connectivity index (χ0n) is 16.7. The molecule has 3 heterocycles. The second-order valence-electron chi connectivity index (χ2n) is 7.72. The Morgan fingerprint density at radius 1 is 1.17 bits per heavy atom. The number of carbonyl (C=O) groups excluding carboxylic acids is 3. The number of hydrogen-bond acceptors (Lipinski definition) is 8. The molecule has 2 aliphatic rings. The van der Waals surface area contributed by atoms with Crippen LogP contribution >= 0.6 is 0 Å². The van der Waals surface area contributed by atoms with E-state index in [9.17, 15) is 14.4 Å². The largest absolute Gasteiger partial charge is 0.466 e. The number of nitrogens with zero attached hydrogens (tertiary/aromatic N) is 5. The van der Waals surface area contributed by atoms with E-state index < -0.39 is 17.5 Å². The van der Waals surface area contributed by atoms with E-state index in [1.165, 1.54) is 6.33 Å². The zero-order valence-corrected chi connectivity index (χ0v) is 16.7. The summed E-state index contributed by atoms with van der Waals surface area (Å²) in [5.41, 5.74) is 6.17. The third kappa shape index (κ3) is 3.79. The summed E-state index contributed by atoms with van der Waals surface area (Å²) in [6.07, 6.45) is 7.79. The van der Waals surface area contributed by atoms with Crippen LogP contribution in [0.2, 0.25) is 0 Å². The average molecular weight is 415 g/mol. The summed E-state index contributed by atoms with van der Waals surface area (Å²) in [5, 5.41) is 2.84. The molecule has 3 N–H and O–H groups in total. The predicted octanol–water partition coefficient (Wildman–Crippen LogP) is 0.987. The lowest BCUT2D eigenvalue weighted by Gasteiger charge is -2.30. The van der Waals surface area contributed by atoms with Crippen LogP contribution in [-0.4, -0.2) is 61.0 Å². The van der Waals surface area contributed by atoms with Gasteiger partial charge in [0.1, 0.15) is 17.4 Å². The van der Waals surface area contributed by atoms with Crippen molar-refractivity contribution in [3.8, 4) is 0 Å². The SMILES string of the molecule is Nc1ncnc2c1ncn2CCCOC(=O)CCN1C(=O)NC2(CCCCC2)C1=O. The van der Waals surface area contributed by atoms with E-state index >= 15 is 0 Å². The highest BCUT2D eigenvalue weighted by Gasteiger charge is 2.51. The highest BCUT2D eigenvalue weighted by molar-refractivity contribution is 6.07. The fourth-order valence-corrected chi connectivity index (χ4v) is 4.13. The number of ether oxygens (including phenoxy) is 1. The number of aromatic nitrogens is 4. The Morgan fingerprint density at radius 2 is 1.97 bits per heavy atom.